The van der Waals surface area contributed by atoms with E-state index in [1.807, 2.05) is 0 Å². The zero-order chi connectivity index (χ0) is 19.4. The van der Waals surface area contributed by atoms with E-state index in [0.717, 1.165) is 0 Å². The fraction of sp³-hybridized carbons (Fsp3) is 0.188. The van der Waals surface area contributed by atoms with Gasteiger partial charge in [0.25, 0.3) is 0 Å². The van der Waals surface area contributed by atoms with Crippen molar-refractivity contribution in [2.24, 2.45) is 11.6 Å². The number of rotatable bonds is 6. The van der Waals surface area contributed by atoms with Crippen LogP contribution in [-0.2, 0) is 0 Å². The van der Waals surface area contributed by atoms with Crippen LogP contribution in [0.4, 0.5) is 0 Å². The molecule has 0 saturated carbocycles. The highest BCUT2D eigenvalue weighted by molar-refractivity contribution is 5.63. The number of hydrazine groups is 1. The Morgan fingerprint density at radius 3 is 2.81 bits per heavy atom. The molecule has 11 heteroatoms. The van der Waals surface area contributed by atoms with Crippen molar-refractivity contribution in [3.63, 3.8) is 0 Å². The van der Waals surface area contributed by atoms with Crippen molar-refractivity contribution in [1.82, 2.24) is 35.0 Å². The average Bonchev–Trinajstić information content (AvgIpc) is 3.19. The summed E-state index contributed by atoms with van der Waals surface area (Å²) < 4.78 is 7.20. The van der Waals surface area contributed by atoms with E-state index < -0.39 is 0 Å². The number of aromatic nitrogens is 6. The molecular formula is C16H19N9O2. The number of pyridine rings is 1. The maximum atomic E-state index is 9.62. The Labute approximate surface area is 154 Å². The summed E-state index contributed by atoms with van der Waals surface area (Å²) in [6.45, 7) is 1.73. The second kappa shape index (κ2) is 7.66. The molecule has 0 amide bonds. The van der Waals surface area contributed by atoms with Gasteiger partial charge in [-0.05, 0) is 19.1 Å². The fourth-order valence-corrected chi connectivity index (χ4v) is 2.23. The molecule has 0 aliphatic carbocycles. The average molecular weight is 369 g/mol. The third-order valence-corrected chi connectivity index (χ3v) is 3.71. The van der Waals surface area contributed by atoms with Crippen molar-refractivity contribution >= 4 is 5.70 Å². The molecule has 3 rings (SSSR count). The molecule has 0 fully saturated rings. The van der Waals surface area contributed by atoms with Gasteiger partial charge in [-0.1, -0.05) is 5.21 Å². The van der Waals surface area contributed by atoms with Gasteiger partial charge in [-0.25, -0.2) is 25.5 Å². The first kappa shape index (κ1) is 18.1. The molecule has 0 unspecified atom stereocenters. The molecule has 11 nitrogen and oxygen atoms in total. The number of hydrogen-bond donors (Lipinski definition) is 3. The molecule has 0 bridgehead atoms. The zero-order valence-corrected chi connectivity index (χ0v) is 14.8. The molecule has 0 atom stereocenters. The lowest BCUT2D eigenvalue weighted by Gasteiger charge is -2.20. The van der Waals surface area contributed by atoms with Gasteiger partial charge in [0.15, 0.2) is 5.82 Å². The Bertz CT molecular complexity index is 954. The van der Waals surface area contributed by atoms with Gasteiger partial charge in [0.1, 0.15) is 18.7 Å². The Kier molecular flexibility index (Phi) is 5.13. The van der Waals surface area contributed by atoms with Gasteiger partial charge in [0.05, 0.1) is 35.2 Å². The molecule has 0 spiro atoms. The van der Waals surface area contributed by atoms with Gasteiger partial charge in [-0.3, -0.25) is 0 Å². The fourth-order valence-electron chi connectivity index (χ4n) is 2.23. The summed E-state index contributed by atoms with van der Waals surface area (Å²) in [5.41, 5.74) is 7.97. The Balaban J connectivity index is 1.83. The van der Waals surface area contributed by atoms with Gasteiger partial charge in [-0.15, -0.1) is 5.10 Å². The topological polar surface area (TPSA) is 154 Å². The first-order valence-electron chi connectivity index (χ1n) is 7.91. The van der Waals surface area contributed by atoms with Crippen LogP contribution in [0, 0.1) is 6.92 Å². The van der Waals surface area contributed by atoms with Crippen LogP contribution in [0.1, 0.15) is 11.4 Å². The number of aryl methyl sites for hydroxylation is 1. The minimum atomic E-state index is 0.0498. The van der Waals surface area contributed by atoms with Crippen molar-refractivity contribution in [1.29, 1.82) is 0 Å². The summed E-state index contributed by atoms with van der Waals surface area (Å²) in [7, 11) is 1.64. The van der Waals surface area contributed by atoms with E-state index in [1.165, 1.54) is 22.1 Å². The minimum Gasteiger partial charge on any atom is -0.506 e. The SMILES string of the molecule is Cc1nc(/C(N)=C(\COc2cc(-n3ccnn3)ncn2)N(C)N)ccc1O. The van der Waals surface area contributed by atoms with Gasteiger partial charge in [0, 0.05) is 13.1 Å². The summed E-state index contributed by atoms with van der Waals surface area (Å²) in [4.78, 5) is 12.4. The van der Waals surface area contributed by atoms with Crippen molar-refractivity contribution < 1.29 is 9.84 Å². The number of hydrogen-bond acceptors (Lipinski definition) is 10. The van der Waals surface area contributed by atoms with E-state index in [1.54, 1.807) is 38.5 Å². The molecule has 0 aromatic carbocycles. The first-order chi connectivity index (χ1) is 13.0. The van der Waals surface area contributed by atoms with Gasteiger partial charge in [0.2, 0.25) is 5.88 Å². The largest absolute Gasteiger partial charge is 0.506 e. The molecule has 0 saturated heterocycles. The third kappa shape index (κ3) is 4.10. The lowest BCUT2D eigenvalue weighted by molar-refractivity contribution is 0.286. The van der Waals surface area contributed by atoms with E-state index in [9.17, 15) is 5.11 Å². The van der Waals surface area contributed by atoms with Crippen LogP contribution in [0.5, 0.6) is 11.6 Å². The quantitative estimate of drug-likeness (QED) is 0.399. The number of nitrogens with zero attached hydrogens (tertiary/aromatic N) is 7. The normalized spacial score (nSPS) is 11.8. The second-order valence-electron chi connectivity index (χ2n) is 5.62. The van der Waals surface area contributed by atoms with E-state index >= 15 is 0 Å². The van der Waals surface area contributed by atoms with Crippen LogP contribution >= 0.6 is 0 Å². The Morgan fingerprint density at radius 2 is 2.15 bits per heavy atom. The predicted octanol–water partition coefficient (Wildman–Crippen LogP) is -0.0219. The summed E-state index contributed by atoms with van der Waals surface area (Å²) in [6, 6.07) is 4.74. The molecule has 0 aliphatic heterocycles. The highest BCUT2D eigenvalue weighted by atomic mass is 16.5. The summed E-state index contributed by atoms with van der Waals surface area (Å²) in [5.74, 6) is 6.81. The standard InChI is InChI=1S/C16H19N9O2/c1-10-13(26)4-3-11(22-10)16(17)12(24(2)18)8-27-15-7-14(19-9-20-15)25-6-5-21-23-25/h3-7,9,26H,8,17-18H2,1-2H3/b16-12-. The number of nitrogens with two attached hydrogens (primary N) is 2. The zero-order valence-electron chi connectivity index (χ0n) is 14.8. The lowest BCUT2D eigenvalue weighted by Crippen LogP contribution is -2.31. The van der Waals surface area contributed by atoms with Crippen LogP contribution in [0.25, 0.3) is 11.5 Å². The number of ether oxygens (including phenoxy) is 1. The highest BCUT2D eigenvalue weighted by Gasteiger charge is 2.13. The molecule has 3 heterocycles. The molecule has 27 heavy (non-hydrogen) atoms. The summed E-state index contributed by atoms with van der Waals surface area (Å²) in [6.07, 6.45) is 4.55. The van der Waals surface area contributed by atoms with Crippen molar-refractivity contribution in [3.05, 3.63) is 54.0 Å². The van der Waals surface area contributed by atoms with E-state index in [-0.39, 0.29) is 12.4 Å². The van der Waals surface area contributed by atoms with E-state index in [4.69, 9.17) is 16.3 Å². The van der Waals surface area contributed by atoms with Gasteiger partial charge in [-0.2, -0.15) is 0 Å². The van der Waals surface area contributed by atoms with Crippen LogP contribution in [0.2, 0.25) is 0 Å². The summed E-state index contributed by atoms with van der Waals surface area (Å²) >= 11 is 0. The molecule has 0 aliphatic rings. The maximum absolute atomic E-state index is 9.62. The van der Waals surface area contributed by atoms with Crippen LogP contribution in [0.3, 0.4) is 0 Å². The third-order valence-electron chi connectivity index (χ3n) is 3.71. The van der Waals surface area contributed by atoms with E-state index in [0.29, 0.717) is 34.5 Å². The van der Waals surface area contributed by atoms with Crippen LogP contribution in [0.15, 0.2) is 42.6 Å². The monoisotopic (exact) mass is 369 g/mol. The van der Waals surface area contributed by atoms with Gasteiger partial charge < -0.3 is 20.6 Å². The van der Waals surface area contributed by atoms with Crippen LogP contribution in [-0.4, -0.2) is 53.7 Å². The van der Waals surface area contributed by atoms with E-state index in [2.05, 4.69) is 25.3 Å². The van der Waals surface area contributed by atoms with Crippen molar-refractivity contribution in [2.75, 3.05) is 13.7 Å². The Hall–Kier alpha value is -3.73. The lowest BCUT2D eigenvalue weighted by atomic mass is 10.2. The maximum Gasteiger partial charge on any atom is 0.218 e. The number of aromatic hydroxyl groups is 1. The molecule has 5 N–H and O–H groups in total. The summed E-state index contributed by atoms with van der Waals surface area (Å²) in [5, 5.41) is 18.6. The predicted molar refractivity (Wildman–Crippen MR) is 96.1 cm³/mol. The molecular weight excluding hydrogens is 350 g/mol. The first-order valence-corrected chi connectivity index (χ1v) is 7.91. The van der Waals surface area contributed by atoms with Crippen molar-refractivity contribution in [2.45, 2.75) is 6.92 Å². The Morgan fingerprint density at radius 1 is 1.33 bits per heavy atom. The minimum absolute atomic E-state index is 0.0498. The number of likely N-dealkylation sites (N-methyl/N-ethyl adjacent to an activating group) is 1. The molecule has 140 valence electrons. The molecule has 0 radical (unpaired) electrons. The molecule has 3 aromatic heterocycles. The van der Waals surface area contributed by atoms with Crippen molar-refractivity contribution in [3.8, 4) is 17.4 Å². The smallest absolute Gasteiger partial charge is 0.218 e. The highest BCUT2D eigenvalue weighted by Crippen LogP contribution is 2.19. The molecule has 3 aromatic rings. The second-order valence-corrected chi connectivity index (χ2v) is 5.62. The van der Waals surface area contributed by atoms with Crippen LogP contribution < -0.4 is 16.3 Å². The van der Waals surface area contributed by atoms with Gasteiger partial charge >= 0.3 is 0 Å².